The fraction of sp³-hybridized carbons (Fsp3) is 0.647. The topological polar surface area (TPSA) is 54.2 Å². The van der Waals surface area contributed by atoms with Crippen molar-refractivity contribution in [1.29, 1.82) is 0 Å². The molecule has 5 heteroatoms. The zero-order valence-corrected chi connectivity index (χ0v) is 13.8. The SMILES string of the molecule is CCC(CC)c1cc(N[C@H]2CC[C@H](NC)C2)n2nccc2n1. The van der Waals surface area contributed by atoms with Gasteiger partial charge in [0.15, 0.2) is 5.65 Å². The minimum absolute atomic E-state index is 0.516. The van der Waals surface area contributed by atoms with Crippen LogP contribution in [0.3, 0.4) is 0 Å². The molecule has 0 aliphatic heterocycles. The Hall–Kier alpha value is -1.62. The third-order valence-corrected chi connectivity index (χ3v) is 4.98. The molecule has 0 unspecified atom stereocenters. The molecule has 0 aromatic carbocycles. The Morgan fingerprint density at radius 1 is 1.27 bits per heavy atom. The quantitative estimate of drug-likeness (QED) is 0.860. The Morgan fingerprint density at radius 2 is 2.05 bits per heavy atom. The van der Waals surface area contributed by atoms with Gasteiger partial charge in [0.25, 0.3) is 0 Å². The van der Waals surface area contributed by atoms with E-state index in [0.29, 0.717) is 18.0 Å². The van der Waals surface area contributed by atoms with Crippen molar-refractivity contribution in [3.8, 4) is 0 Å². The average molecular weight is 301 g/mol. The van der Waals surface area contributed by atoms with Crippen molar-refractivity contribution >= 4 is 11.5 Å². The van der Waals surface area contributed by atoms with E-state index in [-0.39, 0.29) is 0 Å². The number of aromatic nitrogens is 3. The average Bonchev–Trinajstić information content (AvgIpc) is 3.17. The van der Waals surface area contributed by atoms with E-state index < -0.39 is 0 Å². The minimum Gasteiger partial charge on any atom is -0.367 e. The smallest absolute Gasteiger partial charge is 0.157 e. The van der Waals surface area contributed by atoms with Crippen molar-refractivity contribution in [2.24, 2.45) is 0 Å². The van der Waals surface area contributed by atoms with Crippen LogP contribution in [0, 0.1) is 0 Å². The predicted octanol–water partition coefficient (Wildman–Crippen LogP) is 3.19. The van der Waals surface area contributed by atoms with Crippen molar-refractivity contribution < 1.29 is 0 Å². The van der Waals surface area contributed by atoms with Gasteiger partial charge in [-0.1, -0.05) is 13.8 Å². The molecule has 0 bridgehead atoms. The summed E-state index contributed by atoms with van der Waals surface area (Å²) in [6.07, 6.45) is 7.69. The molecule has 1 aliphatic rings. The van der Waals surface area contributed by atoms with Crippen molar-refractivity contribution in [3.05, 3.63) is 24.0 Å². The first kappa shape index (κ1) is 15.3. The highest BCUT2D eigenvalue weighted by molar-refractivity contribution is 5.50. The minimum atomic E-state index is 0.516. The summed E-state index contributed by atoms with van der Waals surface area (Å²) in [6, 6.07) is 5.33. The van der Waals surface area contributed by atoms with Gasteiger partial charge < -0.3 is 10.6 Å². The van der Waals surface area contributed by atoms with Crippen molar-refractivity contribution in [1.82, 2.24) is 19.9 Å². The molecular weight excluding hydrogens is 274 g/mol. The van der Waals surface area contributed by atoms with Gasteiger partial charge in [-0.3, -0.25) is 0 Å². The van der Waals surface area contributed by atoms with Gasteiger partial charge in [-0.15, -0.1) is 0 Å². The lowest BCUT2D eigenvalue weighted by Crippen LogP contribution is -2.25. The molecule has 2 aromatic heterocycles. The number of hydrogen-bond acceptors (Lipinski definition) is 4. The molecule has 0 radical (unpaired) electrons. The number of nitrogens with zero attached hydrogens (tertiary/aromatic N) is 3. The van der Waals surface area contributed by atoms with Crippen LogP contribution < -0.4 is 10.6 Å². The molecule has 2 heterocycles. The standard InChI is InChI=1S/C17H27N5/c1-4-12(5-2)15-11-17(22-16(21-15)8-9-19-22)20-14-7-6-13(10-14)18-3/h8-9,11-14,18,20H,4-7,10H2,1-3H3/t13-,14-/m0/s1. The third-order valence-electron chi connectivity index (χ3n) is 4.98. The van der Waals surface area contributed by atoms with E-state index in [1.54, 1.807) is 0 Å². The van der Waals surface area contributed by atoms with Crippen LogP contribution in [-0.4, -0.2) is 33.7 Å². The van der Waals surface area contributed by atoms with Gasteiger partial charge in [-0.05, 0) is 39.2 Å². The molecule has 2 atom stereocenters. The predicted molar refractivity (Wildman–Crippen MR) is 90.4 cm³/mol. The molecule has 2 N–H and O–H groups in total. The Kier molecular flexibility index (Phi) is 4.62. The molecule has 1 fully saturated rings. The van der Waals surface area contributed by atoms with Gasteiger partial charge in [-0.2, -0.15) is 9.61 Å². The maximum Gasteiger partial charge on any atom is 0.157 e. The summed E-state index contributed by atoms with van der Waals surface area (Å²) in [6.45, 7) is 4.47. The molecule has 22 heavy (non-hydrogen) atoms. The van der Waals surface area contributed by atoms with E-state index in [1.807, 2.05) is 16.8 Å². The number of anilines is 1. The summed E-state index contributed by atoms with van der Waals surface area (Å²) < 4.78 is 1.93. The summed E-state index contributed by atoms with van der Waals surface area (Å²) in [5, 5.41) is 11.5. The van der Waals surface area contributed by atoms with Crippen LogP contribution in [-0.2, 0) is 0 Å². The van der Waals surface area contributed by atoms with Crippen LogP contribution in [0.2, 0.25) is 0 Å². The highest BCUT2D eigenvalue weighted by atomic mass is 15.3. The van der Waals surface area contributed by atoms with E-state index in [1.165, 1.54) is 25.0 Å². The first-order valence-corrected chi connectivity index (χ1v) is 8.53. The second-order valence-electron chi connectivity index (χ2n) is 6.32. The summed E-state index contributed by atoms with van der Waals surface area (Å²) in [4.78, 5) is 4.79. The Balaban J connectivity index is 1.88. The van der Waals surface area contributed by atoms with Crippen LogP contribution in [0.25, 0.3) is 5.65 Å². The van der Waals surface area contributed by atoms with Crippen molar-refractivity contribution in [3.63, 3.8) is 0 Å². The fourth-order valence-electron chi connectivity index (χ4n) is 3.54. The van der Waals surface area contributed by atoms with Crippen LogP contribution in [0.1, 0.15) is 57.6 Å². The number of hydrogen-bond donors (Lipinski definition) is 2. The summed E-state index contributed by atoms with van der Waals surface area (Å²) in [7, 11) is 2.05. The molecule has 3 rings (SSSR count). The van der Waals surface area contributed by atoms with E-state index >= 15 is 0 Å². The second-order valence-corrected chi connectivity index (χ2v) is 6.32. The number of rotatable bonds is 6. The molecule has 5 nitrogen and oxygen atoms in total. The first-order valence-electron chi connectivity index (χ1n) is 8.53. The summed E-state index contributed by atoms with van der Waals surface area (Å²) in [5.41, 5.74) is 2.12. The monoisotopic (exact) mass is 301 g/mol. The van der Waals surface area contributed by atoms with Crippen molar-refractivity contribution in [2.75, 3.05) is 12.4 Å². The summed E-state index contributed by atoms with van der Waals surface area (Å²) in [5.74, 6) is 1.60. The van der Waals surface area contributed by atoms with Gasteiger partial charge in [0.05, 0.1) is 6.20 Å². The lowest BCUT2D eigenvalue weighted by Gasteiger charge is -2.18. The number of nitrogens with one attached hydrogen (secondary N) is 2. The maximum absolute atomic E-state index is 4.79. The fourth-order valence-corrected chi connectivity index (χ4v) is 3.54. The molecular formula is C17H27N5. The van der Waals surface area contributed by atoms with Gasteiger partial charge in [-0.25, -0.2) is 4.98 Å². The Bertz CT molecular complexity index is 617. The zero-order valence-electron chi connectivity index (χ0n) is 13.8. The normalized spacial score (nSPS) is 21.8. The van der Waals surface area contributed by atoms with E-state index in [4.69, 9.17) is 4.98 Å². The highest BCUT2D eigenvalue weighted by Gasteiger charge is 2.24. The number of fused-ring (bicyclic) bond motifs is 1. The molecule has 2 aromatic rings. The van der Waals surface area contributed by atoms with Crippen molar-refractivity contribution in [2.45, 2.75) is 64.0 Å². The van der Waals surface area contributed by atoms with Gasteiger partial charge in [0.1, 0.15) is 5.82 Å². The van der Waals surface area contributed by atoms with Crippen LogP contribution in [0.4, 0.5) is 5.82 Å². The van der Waals surface area contributed by atoms with E-state index in [2.05, 4.69) is 42.7 Å². The first-order chi connectivity index (χ1) is 10.7. The Labute approximate surface area is 132 Å². The molecule has 0 spiro atoms. The van der Waals surface area contributed by atoms with Crippen LogP contribution in [0.5, 0.6) is 0 Å². The molecule has 120 valence electrons. The second kappa shape index (κ2) is 6.65. The molecule has 0 amide bonds. The van der Waals surface area contributed by atoms with Crippen LogP contribution >= 0.6 is 0 Å². The van der Waals surface area contributed by atoms with Gasteiger partial charge in [0, 0.05) is 35.8 Å². The lowest BCUT2D eigenvalue weighted by atomic mass is 9.99. The molecule has 1 saturated carbocycles. The van der Waals surface area contributed by atoms with E-state index in [0.717, 1.165) is 24.3 Å². The van der Waals surface area contributed by atoms with Gasteiger partial charge >= 0.3 is 0 Å². The summed E-state index contributed by atoms with van der Waals surface area (Å²) >= 11 is 0. The molecule has 0 saturated heterocycles. The molecule has 1 aliphatic carbocycles. The Morgan fingerprint density at radius 3 is 2.73 bits per heavy atom. The van der Waals surface area contributed by atoms with Crippen LogP contribution in [0.15, 0.2) is 18.3 Å². The third kappa shape index (κ3) is 2.95. The van der Waals surface area contributed by atoms with Gasteiger partial charge in [0.2, 0.25) is 0 Å². The zero-order chi connectivity index (χ0) is 15.5. The largest absolute Gasteiger partial charge is 0.367 e. The maximum atomic E-state index is 4.79. The van der Waals surface area contributed by atoms with E-state index in [9.17, 15) is 0 Å². The lowest BCUT2D eigenvalue weighted by molar-refractivity contribution is 0.575. The highest BCUT2D eigenvalue weighted by Crippen LogP contribution is 2.27.